The average Bonchev–Trinajstić information content (AvgIpc) is 2.76. The van der Waals surface area contributed by atoms with Crippen molar-refractivity contribution in [2.75, 3.05) is 4.90 Å². The Morgan fingerprint density at radius 1 is 1.00 bits per heavy atom. The van der Waals surface area contributed by atoms with Gasteiger partial charge in [-0.25, -0.2) is 9.69 Å². The molecule has 2 unspecified atom stereocenters. The van der Waals surface area contributed by atoms with E-state index < -0.39 is 30.0 Å². The first-order valence-electron chi connectivity index (χ1n) is 5.67. The number of aliphatic hydroxyl groups is 2. The number of carboxylic acids is 1. The second-order valence-electron chi connectivity index (χ2n) is 4.16. The van der Waals surface area contributed by atoms with Crippen LogP contribution in [0, 0.1) is 0 Å². The van der Waals surface area contributed by atoms with E-state index in [1.807, 2.05) is 0 Å². The van der Waals surface area contributed by atoms with E-state index in [2.05, 4.69) is 0 Å². The fraction of sp³-hybridized carbons (Fsp3) is 0.154. The van der Waals surface area contributed by atoms with Gasteiger partial charge < -0.3 is 15.3 Å². The van der Waals surface area contributed by atoms with Gasteiger partial charge in [-0.1, -0.05) is 12.1 Å². The van der Waals surface area contributed by atoms with Crippen molar-refractivity contribution in [2.24, 2.45) is 0 Å². The summed E-state index contributed by atoms with van der Waals surface area (Å²) in [5.74, 6) is -2.50. The Morgan fingerprint density at radius 2 is 1.50 bits per heavy atom. The molecule has 7 heteroatoms. The quantitative estimate of drug-likeness (QED) is 0.645. The molecule has 0 spiro atoms. The van der Waals surface area contributed by atoms with Gasteiger partial charge in [0.15, 0.2) is 6.10 Å². The topological polar surface area (TPSA) is 115 Å². The number of rotatable bonds is 4. The minimum atomic E-state index is -1.95. The third-order valence-electron chi connectivity index (χ3n) is 2.85. The summed E-state index contributed by atoms with van der Waals surface area (Å²) < 4.78 is 0. The van der Waals surface area contributed by atoms with E-state index in [-0.39, 0.29) is 5.56 Å². The summed E-state index contributed by atoms with van der Waals surface area (Å²) >= 11 is 0. The van der Waals surface area contributed by atoms with Gasteiger partial charge in [0.25, 0.3) is 11.8 Å². The standard InChI is InChI=1S/C13H11NO6/c15-9-5-6-10(16)14(9)8-3-1-7(2-4-8)11(17)12(18)13(19)20/h1-6,11-12,17-18H,(H,19,20). The van der Waals surface area contributed by atoms with Gasteiger partial charge in [0.2, 0.25) is 0 Å². The Balaban J connectivity index is 2.21. The zero-order valence-corrected chi connectivity index (χ0v) is 10.1. The van der Waals surface area contributed by atoms with Gasteiger partial charge in [0.1, 0.15) is 6.10 Å². The SMILES string of the molecule is O=C(O)C(O)C(O)c1ccc(N2C(=O)C=CC2=O)cc1. The molecular formula is C13H11NO6. The minimum absolute atomic E-state index is 0.163. The fourth-order valence-electron chi connectivity index (χ4n) is 1.79. The summed E-state index contributed by atoms with van der Waals surface area (Å²) in [6.07, 6.45) is -1.26. The third-order valence-corrected chi connectivity index (χ3v) is 2.85. The maximum absolute atomic E-state index is 11.5. The highest BCUT2D eigenvalue weighted by Gasteiger charge is 2.27. The number of amides is 2. The van der Waals surface area contributed by atoms with Crippen LogP contribution in [-0.2, 0) is 14.4 Å². The summed E-state index contributed by atoms with van der Waals surface area (Å²) in [4.78, 5) is 34.4. The first kappa shape index (κ1) is 13.9. The van der Waals surface area contributed by atoms with Crippen molar-refractivity contribution in [3.05, 3.63) is 42.0 Å². The molecule has 0 aromatic heterocycles. The lowest BCUT2D eigenvalue weighted by Gasteiger charge is -2.17. The molecule has 20 heavy (non-hydrogen) atoms. The number of carbonyl (C=O) groups excluding carboxylic acids is 2. The van der Waals surface area contributed by atoms with Crippen LogP contribution in [0.5, 0.6) is 0 Å². The van der Waals surface area contributed by atoms with Gasteiger partial charge in [-0.05, 0) is 17.7 Å². The molecule has 104 valence electrons. The van der Waals surface area contributed by atoms with Gasteiger partial charge in [-0.3, -0.25) is 9.59 Å². The minimum Gasteiger partial charge on any atom is -0.479 e. The van der Waals surface area contributed by atoms with Crippen molar-refractivity contribution < 1.29 is 29.7 Å². The van der Waals surface area contributed by atoms with Crippen LogP contribution in [0.2, 0.25) is 0 Å². The Hall–Kier alpha value is -2.51. The van der Waals surface area contributed by atoms with Crippen LogP contribution in [-0.4, -0.2) is 39.2 Å². The smallest absolute Gasteiger partial charge is 0.335 e. The average molecular weight is 277 g/mol. The third kappa shape index (κ3) is 2.44. The molecule has 1 aromatic carbocycles. The van der Waals surface area contributed by atoms with Gasteiger partial charge in [-0.15, -0.1) is 0 Å². The molecule has 1 heterocycles. The summed E-state index contributed by atoms with van der Waals surface area (Å²) in [5, 5.41) is 27.5. The number of carboxylic acid groups (broad SMARTS) is 1. The number of carbonyl (C=O) groups is 3. The predicted octanol–water partition coefficient (Wildman–Crippen LogP) is -0.405. The van der Waals surface area contributed by atoms with Crippen LogP contribution in [0.15, 0.2) is 36.4 Å². The van der Waals surface area contributed by atoms with Crippen LogP contribution in [0.3, 0.4) is 0 Å². The normalized spacial score (nSPS) is 17.4. The first-order valence-corrected chi connectivity index (χ1v) is 5.67. The Kier molecular flexibility index (Phi) is 3.64. The molecule has 0 saturated heterocycles. The number of imide groups is 1. The lowest BCUT2D eigenvalue weighted by atomic mass is 10.0. The lowest BCUT2D eigenvalue weighted by Crippen LogP contribution is -2.30. The van der Waals surface area contributed by atoms with E-state index in [1.54, 1.807) is 0 Å². The Labute approximate surface area is 113 Å². The highest BCUT2D eigenvalue weighted by molar-refractivity contribution is 6.28. The van der Waals surface area contributed by atoms with Crippen molar-refractivity contribution in [3.63, 3.8) is 0 Å². The molecule has 3 N–H and O–H groups in total. The second kappa shape index (κ2) is 5.24. The van der Waals surface area contributed by atoms with Crippen LogP contribution >= 0.6 is 0 Å². The van der Waals surface area contributed by atoms with Crippen molar-refractivity contribution >= 4 is 23.5 Å². The molecule has 0 saturated carbocycles. The van der Waals surface area contributed by atoms with Crippen LogP contribution < -0.4 is 4.90 Å². The highest BCUT2D eigenvalue weighted by Crippen LogP contribution is 2.23. The molecule has 1 aliphatic rings. The maximum atomic E-state index is 11.5. The van der Waals surface area contributed by atoms with Gasteiger partial charge in [0.05, 0.1) is 5.69 Å². The summed E-state index contributed by atoms with van der Waals surface area (Å²) in [5.41, 5.74) is 0.460. The van der Waals surface area contributed by atoms with E-state index >= 15 is 0 Å². The molecule has 0 bridgehead atoms. The Bertz CT molecular complexity index is 573. The number of hydrogen-bond acceptors (Lipinski definition) is 5. The summed E-state index contributed by atoms with van der Waals surface area (Å²) in [6, 6.07) is 5.45. The molecule has 2 atom stereocenters. The van der Waals surface area contributed by atoms with Crippen LogP contribution in [0.4, 0.5) is 5.69 Å². The maximum Gasteiger partial charge on any atom is 0.335 e. The van der Waals surface area contributed by atoms with Gasteiger partial charge in [0, 0.05) is 12.2 Å². The molecule has 2 amide bonds. The van der Waals surface area contributed by atoms with Crippen LogP contribution in [0.1, 0.15) is 11.7 Å². The summed E-state index contributed by atoms with van der Waals surface area (Å²) in [6.45, 7) is 0. The van der Waals surface area contributed by atoms with Crippen LogP contribution in [0.25, 0.3) is 0 Å². The monoisotopic (exact) mass is 277 g/mol. The molecule has 1 aromatic rings. The van der Waals surface area contributed by atoms with Crippen molar-refractivity contribution in [1.82, 2.24) is 0 Å². The molecule has 0 radical (unpaired) electrons. The highest BCUT2D eigenvalue weighted by atomic mass is 16.4. The number of hydrogen-bond donors (Lipinski definition) is 3. The number of aliphatic hydroxyl groups excluding tert-OH is 2. The molecule has 0 fully saturated rings. The Morgan fingerprint density at radius 3 is 1.95 bits per heavy atom. The zero-order chi connectivity index (χ0) is 14.9. The largest absolute Gasteiger partial charge is 0.479 e. The summed E-state index contributed by atoms with van der Waals surface area (Å²) in [7, 11) is 0. The van der Waals surface area contributed by atoms with E-state index in [4.69, 9.17) is 5.11 Å². The second-order valence-corrected chi connectivity index (χ2v) is 4.16. The van der Waals surface area contributed by atoms with E-state index in [1.165, 1.54) is 24.3 Å². The number of anilines is 1. The molecule has 1 aliphatic heterocycles. The van der Waals surface area contributed by atoms with E-state index in [9.17, 15) is 24.6 Å². The van der Waals surface area contributed by atoms with Crippen molar-refractivity contribution in [2.45, 2.75) is 12.2 Å². The van der Waals surface area contributed by atoms with Crippen molar-refractivity contribution in [1.29, 1.82) is 0 Å². The van der Waals surface area contributed by atoms with Gasteiger partial charge >= 0.3 is 5.97 Å². The van der Waals surface area contributed by atoms with E-state index in [0.29, 0.717) is 5.69 Å². The number of aliphatic carboxylic acids is 1. The molecular weight excluding hydrogens is 266 g/mol. The number of benzene rings is 1. The van der Waals surface area contributed by atoms with E-state index in [0.717, 1.165) is 17.1 Å². The lowest BCUT2D eigenvalue weighted by molar-refractivity contribution is -0.153. The molecule has 7 nitrogen and oxygen atoms in total. The predicted molar refractivity (Wildman–Crippen MR) is 66.7 cm³/mol. The van der Waals surface area contributed by atoms with Crippen molar-refractivity contribution in [3.8, 4) is 0 Å². The zero-order valence-electron chi connectivity index (χ0n) is 10.1. The van der Waals surface area contributed by atoms with Gasteiger partial charge in [-0.2, -0.15) is 0 Å². The number of nitrogens with zero attached hydrogens (tertiary/aromatic N) is 1. The molecule has 0 aliphatic carbocycles. The fourth-order valence-corrected chi connectivity index (χ4v) is 1.79. The first-order chi connectivity index (χ1) is 9.41. The molecule has 2 rings (SSSR count).